The summed E-state index contributed by atoms with van der Waals surface area (Å²) in [6, 6.07) is 11.7. The molecule has 0 spiro atoms. The van der Waals surface area contributed by atoms with E-state index in [1.807, 2.05) is 19.1 Å². The molecule has 0 aliphatic heterocycles. The van der Waals surface area contributed by atoms with Crippen LogP contribution in [0.3, 0.4) is 0 Å². The molecule has 7 nitrogen and oxygen atoms in total. The molecule has 2 aromatic heterocycles. The van der Waals surface area contributed by atoms with E-state index in [1.54, 1.807) is 0 Å². The molecule has 0 bridgehead atoms. The number of hydrogen-bond acceptors (Lipinski definition) is 5. The van der Waals surface area contributed by atoms with Gasteiger partial charge in [0.25, 0.3) is 0 Å². The third-order valence-electron chi connectivity index (χ3n) is 3.58. The number of hydrogen-bond donors (Lipinski definition) is 3. The van der Waals surface area contributed by atoms with Gasteiger partial charge in [0.1, 0.15) is 11.3 Å². The van der Waals surface area contributed by atoms with Crippen molar-refractivity contribution < 1.29 is 4.79 Å². The van der Waals surface area contributed by atoms with Gasteiger partial charge in [0.05, 0.1) is 6.20 Å². The van der Waals surface area contributed by atoms with Gasteiger partial charge in [-0.15, -0.1) is 0 Å². The highest BCUT2D eigenvalue weighted by Gasteiger charge is 2.06. The molecule has 1 aromatic carbocycles. The monoisotopic (exact) mass is 336 g/mol. The Bertz CT molecular complexity index is 878. The minimum Gasteiger partial charge on any atom is -0.366 e. The highest BCUT2D eigenvalue weighted by Crippen LogP contribution is 2.14. The normalized spacial score (nSPS) is 10.5. The van der Waals surface area contributed by atoms with E-state index in [-0.39, 0.29) is 6.03 Å². The van der Waals surface area contributed by atoms with E-state index in [2.05, 4.69) is 62.1 Å². The molecule has 0 fully saturated rings. The lowest BCUT2D eigenvalue weighted by Crippen LogP contribution is -2.28. The first kappa shape index (κ1) is 16.6. The van der Waals surface area contributed by atoms with Crippen LogP contribution >= 0.6 is 0 Å². The molecule has 0 saturated heterocycles. The topological polar surface area (TPSA) is 91.8 Å². The van der Waals surface area contributed by atoms with E-state index in [1.165, 1.54) is 17.3 Å². The average Bonchev–Trinajstić information content (AvgIpc) is 2.61. The number of nitrogens with zero attached hydrogens (tertiary/aromatic N) is 3. The zero-order chi connectivity index (χ0) is 17.6. The number of carbonyl (C=O) groups is 1. The number of rotatable bonds is 5. The number of amides is 2. The second kappa shape index (κ2) is 7.57. The zero-order valence-electron chi connectivity index (χ0n) is 14.2. The van der Waals surface area contributed by atoms with E-state index in [4.69, 9.17) is 0 Å². The number of pyridine rings is 1. The molecule has 2 amide bonds. The van der Waals surface area contributed by atoms with Gasteiger partial charge < -0.3 is 10.6 Å². The molecule has 128 valence electrons. The Morgan fingerprint density at radius 3 is 2.56 bits per heavy atom. The van der Waals surface area contributed by atoms with Crippen LogP contribution in [0, 0.1) is 6.92 Å². The van der Waals surface area contributed by atoms with Gasteiger partial charge >= 0.3 is 6.03 Å². The van der Waals surface area contributed by atoms with Crippen LogP contribution in [0.2, 0.25) is 0 Å². The Labute approximate surface area is 145 Å². The smallest absolute Gasteiger partial charge is 0.320 e. The number of carbonyl (C=O) groups excluding carboxylic acids is 1. The van der Waals surface area contributed by atoms with Crippen LogP contribution in [0.15, 0.2) is 42.6 Å². The van der Waals surface area contributed by atoms with E-state index >= 15 is 0 Å². The van der Waals surface area contributed by atoms with Crippen LogP contribution in [-0.4, -0.2) is 27.5 Å². The highest BCUT2D eigenvalue weighted by atomic mass is 16.2. The van der Waals surface area contributed by atoms with Crippen LogP contribution in [0.4, 0.5) is 16.4 Å². The summed E-state index contributed by atoms with van der Waals surface area (Å²) in [4.78, 5) is 24.6. The number of fused-ring (bicyclic) bond motifs is 1. The Kier molecular flexibility index (Phi) is 5.03. The third kappa shape index (κ3) is 4.41. The maximum atomic E-state index is 11.6. The van der Waals surface area contributed by atoms with Crippen molar-refractivity contribution in [3.8, 4) is 0 Å². The SMILES string of the molecule is CCNC(=O)Nc1cnc2ccc(NCc3ccc(C)cc3)nc2n1. The van der Waals surface area contributed by atoms with Crippen LogP contribution < -0.4 is 16.0 Å². The molecular weight excluding hydrogens is 316 g/mol. The minimum absolute atomic E-state index is 0.315. The molecule has 3 rings (SSSR count). The summed E-state index contributed by atoms with van der Waals surface area (Å²) < 4.78 is 0. The van der Waals surface area contributed by atoms with Crippen molar-refractivity contribution in [2.24, 2.45) is 0 Å². The van der Waals surface area contributed by atoms with Crippen molar-refractivity contribution in [1.29, 1.82) is 0 Å². The van der Waals surface area contributed by atoms with Crippen molar-refractivity contribution in [3.05, 3.63) is 53.7 Å². The van der Waals surface area contributed by atoms with Gasteiger partial charge in [0, 0.05) is 13.1 Å². The highest BCUT2D eigenvalue weighted by molar-refractivity contribution is 5.89. The van der Waals surface area contributed by atoms with Crippen LogP contribution in [0.1, 0.15) is 18.1 Å². The molecule has 7 heteroatoms. The molecule has 3 N–H and O–H groups in total. The molecule has 0 radical (unpaired) electrons. The Balaban J connectivity index is 1.73. The molecule has 0 atom stereocenters. The Hall–Kier alpha value is -3.22. The number of aromatic nitrogens is 3. The largest absolute Gasteiger partial charge is 0.366 e. The lowest BCUT2D eigenvalue weighted by atomic mass is 10.1. The first-order chi connectivity index (χ1) is 12.1. The number of urea groups is 1. The first-order valence-electron chi connectivity index (χ1n) is 8.12. The van der Waals surface area contributed by atoms with E-state index < -0.39 is 0 Å². The Morgan fingerprint density at radius 1 is 1.04 bits per heavy atom. The molecule has 25 heavy (non-hydrogen) atoms. The molecule has 0 saturated carbocycles. The molecule has 0 unspecified atom stereocenters. The fraction of sp³-hybridized carbons (Fsp3) is 0.222. The number of nitrogens with one attached hydrogen (secondary N) is 3. The van der Waals surface area contributed by atoms with Crippen molar-refractivity contribution >= 4 is 28.8 Å². The van der Waals surface area contributed by atoms with Crippen molar-refractivity contribution in [2.45, 2.75) is 20.4 Å². The first-order valence-corrected chi connectivity index (χ1v) is 8.12. The summed E-state index contributed by atoms with van der Waals surface area (Å²) >= 11 is 0. The maximum Gasteiger partial charge on any atom is 0.320 e. The standard InChI is InChI=1S/C18H20N6O/c1-3-19-18(25)24-16-11-20-14-8-9-15(22-17(14)23-16)21-10-13-6-4-12(2)5-7-13/h4-9,11H,3,10H2,1-2H3,(H3,19,21,22,23,24,25). The molecule has 2 heterocycles. The van der Waals surface area contributed by atoms with Crippen LogP contribution in [0.5, 0.6) is 0 Å². The summed E-state index contributed by atoms with van der Waals surface area (Å²) in [7, 11) is 0. The second-order valence-electron chi connectivity index (χ2n) is 5.62. The van der Waals surface area contributed by atoms with E-state index in [9.17, 15) is 4.79 Å². The number of benzene rings is 1. The maximum absolute atomic E-state index is 11.6. The van der Waals surface area contributed by atoms with Gasteiger partial charge in [-0.25, -0.2) is 19.7 Å². The summed E-state index contributed by atoms with van der Waals surface area (Å²) in [5.74, 6) is 1.07. The number of anilines is 2. The summed E-state index contributed by atoms with van der Waals surface area (Å²) in [5.41, 5.74) is 3.55. The lowest BCUT2D eigenvalue weighted by Gasteiger charge is -2.08. The number of aryl methyl sites for hydroxylation is 1. The minimum atomic E-state index is -0.315. The van der Waals surface area contributed by atoms with E-state index in [0.717, 1.165) is 0 Å². The quantitative estimate of drug-likeness (QED) is 0.666. The van der Waals surface area contributed by atoms with Crippen molar-refractivity contribution in [2.75, 3.05) is 17.2 Å². The predicted molar refractivity (Wildman–Crippen MR) is 98.5 cm³/mol. The predicted octanol–water partition coefficient (Wildman–Crippen LogP) is 3.09. The summed E-state index contributed by atoms with van der Waals surface area (Å²) in [6.45, 7) is 5.12. The van der Waals surface area contributed by atoms with Crippen molar-refractivity contribution in [3.63, 3.8) is 0 Å². The zero-order valence-corrected chi connectivity index (χ0v) is 14.2. The second-order valence-corrected chi connectivity index (χ2v) is 5.62. The fourth-order valence-corrected chi connectivity index (χ4v) is 2.28. The lowest BCUT2D eigenvalue weighted by molar-refractivity contribution is 0.252. The van der Waals surface area contributed by atoms with E-state index in [0.29, 0.717) is 35.9 Å². The van der Waals surface area contributed by atoms with Gasteiger partial charge in [0.15, 0.2) is 11.5 Å². The van der Waals surface area contributed by atoms with Gasteiger partial charge in [0.2, 0.25) is 0 Å². The molecule has 0 aliphatic rings. The van der Waals surface area contributed by atoms with Gasteiger partial charge in [-0.2, -0.15) is 0 Å². The molecular formula is C18H20N6O. The summed E-state index contributed by atoms with van der Waals surface area (Å²) in [5, 5.41) is 8.55. The van der Waals surface area contributed by atoms with Gasteiger partial charge in [-0.1, -0.05) is 29.8 Å². The third-order valence-corrected chi connectivity index (χ3v) is 3.58. The van der Waals surface area contributed by atoms with Crippen LogP contribution in [0.25, 0.3) is 11.2 Å². The fourth-order valence-electron chi connectivity index (χ4n) is 2.28. The molecule has 0 aliphatic carbocycles. The van der Waals surface area contributed by atoms with Crippen LogP contribution in [-0.2, 0) is 6.54 Å². The Morgan fingerprint density at radius 2 is 1.80 bits per heavy atom. The summed E-state index contributed by atoms with van der Waals surface area (Å²) in [6.07, 6.45) is 1.51. The molecule has 3 aromatic rings. The van der Waals surface area contributed by atoms with Crippen molar-refractivity contribution in [1.82, 2.24) is 20.3 Å². The van der Waals surface area contributed by atoms with Gasteiger partial charge in [-0.05, 0) is 31.5 Å². The average molecular weight is 336 g/mol. The van der Waals surface area contributed by atoms with Gasteiger partial charge in [-0.3, -0.25) is 5.32 Å².